The van der Waals surface area contributed by atoms with E-state index in [1.54, 1.807) is 6.20 Å². The fourth-order valence-corrected chi connectivity index (χ4v) is 2.10. The third-order valence-electron chi connectivity index (χ3n) is 2.98. The molecule has 84 valence electrons. The average Bonchev–Trinajstić information content (AvgIpc) is 2.96. The van der Waals surface area contributed by atoms with Crippen LogP contribution in [-0.2, 0) is 5.54 Å². The highest BCUT2D eigenvalue weighted by molar-refractivity contribution is 5.75. The van der Waals surface area contributed by atoms with Crippen LogP contribution in [0.2, 0.25) is 0 Å². The first-order valence-electron chi connectivity index (χ1n) is 5.68. The lowest BCUT2D eigenvalue weighted by Crippen LogP contribution is -2.32. The van der Waals surface area contributed by atoms with Gasteiger partial charge in [0.2, 0.25) is 0 Å². The molecule has 0 bridgehead atoms. The second kappa shape index (κ2) is 3.04. The van der Waals surface area contributed by atoms with Crippen LogP contribution in [0.4, 0.5) is 0 Å². The summed E-state index contributed by atoms with van der Waals surface area (Å²) in [6.07, 6.45) is 6.11. The van der Waals surface area contributed by atoms with E-state index in [1.165, 1.54) is 12.8 Å². The van der Waals surface area contributed by atoms with Crippen molar-refractivity contribution in [1.29, 1.82) is 0 Å². The molecule has 0 spiro atoms. The van der Waals surface area contributed by atoms with E-state index in [9.17, 15) is 0 Å². The topological polar surface area (TPSA) is 56.7 Å². The van der Waals surface area contributed by atoms with Gasteiger partial charge in [0.15, 0.2) is 0 Å². The molecule has 0 unspecified atom stereocenters. The fraction of sp³-hybridized carbons (Fsp3) is 0.500. The quantitative estimate of drug-likeness (QED) is 0.834. The van der Waals surface area contributed by atoms with E-state index in [0.29, 0.717) is 6.04 Å². The van der Waals surface area contributed by atoms with Gasteiger partial charge in [0.25, 0.3) is 0 Å². The molecule has 0 amide bonds. The van der Waals surface area contributed by atoms with Crippen molar-refractivity contribution < 1.29 is 0 Å². The van der Waals surface area contributed by atoms with Gasteiger partial charge in [0.1, 0.15) is 5.82 Å². The molecular formula is C12H16N4. The second-order valence-corrected chi connectivity index (χ2v) is 5.12. The SMILES string of the molecule is CC(C)(N)c1nc2ccncc2n1C1CC1. The summed E-state index contributed by atoms with van der Waals surface area (Å²) in [4.78, 5) is 8.82. The number of imidazole rings is 1. The standard InChI is InChI=1S/C12H16N4/c1-12(2,13)11-15-9-5-6-14-7-10(9)16(11)8-3-4-8/h5-8H,3-4,13H2,1-2H3. The summed E-state index contributed by atoms with van der Waals surface area (Å²) in [6.45, 7) is 4.00. The summed E-state index contributed by atoms with van der Waals surface area (Å²) in [6, 6.07) is 2.52. The predicted molar refractivity (Wildman–Crippen MR) is 63.0 cm³/mol. The average molecular weight is 216 g/mol. The number of fused-ring (bicyclic) bond motifs is 1. The maximum Gasteiger partial charge on any atom is 0.129 e. The van der Waals surface area contributed by atoms with E-state index in [4.69, 9.17) is 5.73 Å². The first kappa shape index (κ1) is 9.78. The summed E-state index contributed by atoms with van der Waals surface area (Å²) in [7, 11) is 0. The normalized spacial score (nSPS) is 16.9. The van der Waals surface area contributed by atoms with Crippen LogP contribution < -0.4 is 5.73 Å². The Balaban J connectivity index is 2.30. The van der Waals surface area contributed by atoms with Gasteiger partial charge in [-0.15, -0.1) is 0 Å². The third kappa shape index (κ3) is 1.41. The van der Waals surface area contributed by atoms with Gasteiger partial charge in [0, 0.05) is 12.2 Å². The lowest BCUT2D eigenvalue weighted by molar-refractivity contribution is 0.482. The number of hydrogen-bond acceptors (Lipinski definition) is 3. The van der Waals surface area contributed by atoms with Gasteiger partial charge in [0.05, 0.1) is 22.8 Å². The lowest BCUT2D eigenvalue weighted by atomic mass is 10.1. The number of hydrogen-bond donors (Lipinski definition) is 1. The summed E-state index contributed by atoms with van der Waals surface area (Å²) in [5.74, 6) is 0.970. The van der Waals surface area contributed by atoms with Gasteiger partial charge in [-0.25, -0.2) is 4.98 Å². The molecule has 4 heteroatoms. The van der Waals surface area contributed by atoms with Gasteiger partial charge >= 0.3 is 0 Å². The van der Waals surface area contributed by atoms with Crippen LogP contribution in [0.5, 0.6) is 0 Å². The van der Waals surface area contributed by atoms with Crippen LogP contribution in [0.1, 0.15) is 38.6 Å². The van der Waals surface area contributed by atoms with Crippen LogP contribution in [0.15, 0.2) is 18.5 Å². The smallest absolute Gasteiger partial charge is 0.129 e. The van der Waals surface area contributed by atoms with Crippen LogP contribution in [-0.4, -0.2) is 14.5 Å². The van der Waals surface area contributed by atoms with Gasteiger partial charge < -0.3 is 10.3 Å². The maximum atomic E-state index is 6.18. The fourth-order valence-electron chi connectivity index (χ4n) is 2.10. The first-order valence-corrected chi connectivity index (χ1v) is 5.68. The summed E-state index contributed by atoms with van der Waals surface area (Å²) in [5, 5.41) is 0. The zero-order valence-corrected chi connectivity index (χ0v) is 9.64. The van der Waals surface area contributed by atoms with E-state index in [-0.39, 0.29) is 0 Å². The summed E-state index contributed by atoms with van der Waals surface area (Å²) in [5.41, 5.74) is 7.89. The summed E-state index contributed by atoms with van der Waals surface area (Å²) >= 11 is 0. The van der Waals surface area contributed by atoms with E-state index in [1.807, 2.05) is 26.1 Å². The van der Waals surface area contributed by atoms with Gasteiger partial charge in [-0.05, 0) is 32.8 Å². The molecule has 1 aliphatic carbocycles. The molecular weight excluding hydrogens is 200 g/mol. The molecule has 0 aromatic carbocycles. The highest BCUT2D eigenvalue weighted by atomic mass is 15.2. The monoisotopic (exact) mass is 216 g/mol. The number of pyridine rings is 1. The second-order valence-electron chi connectivity index (χ2n) is 5.12. The Bertz CT molecular complexity index is 531. The molecule has 2 aromatic rings. The molecule has 0 atom stereocenters. The predicted octanol–water partition coefficient (Wildman–Crippen LogP) is 1.96. The van der Waals surface area contributed by atoms with Crippen LogP contribution in [0, 0.1) is 0 Å². The van der Waals surface area contributed by atoms with Gasteiger partial charge in [-0.3, -0.25) is 4.98 Å². The highest BCUT2D eigenvalue weighted by Crippen LogP contribution is 2.40. The molecule has 1 aliphatic rings. The molecule has 1 fully saturated rings. The van der Waals surface area contributed by atoms with Crippen LogP contribution in [0.25, 0.3) is 11.0 Å². The molecule has 0 aliphatic heterocycles. The van der Waals surface area contributed by atoms with Crippen molar-refractivity contribution >= 4 is 11.0 Å². The minimum Gasteiger partial charge on any atom is -0.322 e. The van der Waals surface area contributed by atoms with E-state index in [0.717, 1.165) is 16.9 Å². The third-order valence-corrected chi connectivity index (χ3v) is 2.98. The Morgan fingerprint density at radius 2 is 2.19 bits per heavy atom. The number of aromatic nitrogens is 3. The molecule has 1 saturated carbocycles. The molecule has 16 heavy (non-hydrogen) atoms. The Kier molecular flexibility index (Phi) is 1.86. The van der Waals surface area contributed by atoms with E-state index >= 15 is 0 Å². The Labute approximate surface area is 94.5 Å². The Morgan fingerprint density at radius 3 is 2.81 bits per heavy atom. The van der Waals surface area contributed by atoms with Crippen molar-refractivity contribution in [2.75, 3.05) is 0 Å². The Hall–Kier alpha value is -1.42. The van der Waals surface area contributed by atoms with Crippen LogP contribution >= 0.6 is 0 Å². The molecule has 2 aromatic heterocycles. The van der Waals surface area contributed by atoms with Crippen molar-refractivity contribution in [3.8, 4) is 0 Å². The zero-order chi connectivity index (χ0) is 11.3. The van der Waals surface area contributed by atoms with Crippen molar-refractivity contribution in [2.24, 2.45) is 5.73 Å². The number of nitrogens with two attached hydrogens (primary N) is 1. The van der Waals surface area contributed by atoms with E-state index in [2.05, 4.69) is 14.5 Å². The van der Waals surface area contributed by atoms with E-state index < -0.39 is 5.54 Å². The van der Waals surface area contributed by atoms with Crippen molar-refractivity contribution in [3.63, 3.8) is 0 Å². The minimum absolute atomic E-state index is 0.401. The Morgan fingerprint density at radius 1 is 1.44 bits per heavy atom. The highest BCUT2D eigenvalue weighted by Gasteiger charge is 2.32. The summed E-state index contributed by atoms with van der Waals surface area (Å²) < 4.78 is 2.27. The molecule has 0 saturated heterocycles. The molecule has 3 rings (SSSR count). The van der Waals surface area contributed by atoms with Crippen molar-refractivity contribution in [1.82, 2.24) is 14.5 Å². The number of rotatable bonds is 2. The maximum absolute atomic E-state index is 6.18. The number of nitrogens with zero attached hydrogens (tertiary/aromatic N) is 3. The van der Waals surface area contributed by atoms with Crippen LogP contribution in [0.3, 0.4) is 0 Å². The molecule has 4 nitrogen and oxygen atoms in total. The van der Waals surface area contributed by atoms with Crippen molar-refractivity contribution in [2.45, 2.75) is 38.3 Å². The minimum atomic E-state index is -0.401. The van der Waals surface area contributed by atoms with Gasteiger partial charge in [-0.1, -0.05) is 0 Å². The lowest BCUT2D eigenvalue weighted by Gasteiger charge is -2.19. The first-order chi connectivity index (χ1) is 7.57. The zero-order valence-electron chi connectivity index (χ0n) is 9.64. The molecule has 2 N–H and O–H groups in total. The molecule has 0 radical (unpaired) electrons. The van der Waals surface area contributed by atoms with Crippen molar-refractivity contribution in [3.05, 3.63) is 24.3 Å². The van der Waals surface area contributed by atoms with Gasteiger partial charge in [-0.2, -0.15) is 0 Å². The largest absolute Gasteiger partial charge is 0.322 e. The molecule has 2 heterocycles.